The molecule has 0 amide bonds. The van der Waals surface area contributed by atoms with Gasteiger partial charge in [0.1, 0.15) is 5.82 Å². The third kappa shape index (κ3) is 4.03. The third-order valence-corrected chi connectivity index (χ3v) is 4.31. The Morgan fingerprint density at radius 1 is 1.00 bits per heavy atom. The van der Waals surface area contributed by atoms with E-state index in [0.717, 1.165) is 32.7 Å². The molecule has 1 fully saturated rings. The van der Waals surface area contributed by atoms with Crippen molar-refractivity contribution in [2.24, 2.45) is 0 Å². The highest BCUT2D eigenvalue weighted by atomic mass is 19.1. The highest BCUT2D eigenvalue weighted by Gasteiger charge is 2.14. The maximum Gasteiger partial charge on any atom is 0.193 e. The summed E-state index contributed by atoms with van der Waals surface area (Å²) in [5.41, 5.74) is 2.18. The van der Waals surface area contributed by atoms with Gasteiger partial charge in [-0.15, -0.1) is 0 Å². The standard InChI is InChI=1S/C19H21FN2O/c1-21-9-11-22(12-10-21)14-15-5-7-16(8-6-15)19(23)17-3-2-4-18(20)13-17/h2-8,13H,9-12,14H2,1H3. The molecule has 0 aromatic heterocycles. The summed E-state index contributed by atoms with van der Waals surface area (Å²) < 4.78 is 13.2. The van der Waals surface area contributed by atoms with Gasteiger partial charge in [0, 0.05) is 43.9 Å². The highest BCUT2D eigenvalue weighted by molar-refractivity contribution is 6.08. The molecule has 0 saturated carbocycles. The number of benzene rings is 2. The normalized spacial score (nSPS) is 16.4. The monoisotopic (exact) mass is 312 g/mol. The number of rotatable bonds is 4. The predicted molar refractivity (Wildman–Crippen MR) is 89.0 cm³/mol. The number of piperazine rings is 1. The Morgan fingerprint density at radius 3 is 2.35 bits per heavy atom. The average molecular weight is 312 g/mol. The average Bonchev–Trinajstić information content (AvgIpc) is 2.57. The van der Waals surface area contributed by atoms with E-state index in [4.69, 9.17) is 0 Å². The molecule has 0 bridgehead atoms. The first-order valence-corrected chi connectivity index (χ1v) is 7.92. The summed E-state index contributed by atoms with van der Waals surface area (Å²) in [5, 5.41) is 0. The van der Waals surface area contributed by atoms with Crippen molar-refractivity contribution in [1.29, 1.82) is 0 Å². The van der Waals surface area contributed by atoms with E-state index in [0.29, 0.717) is 11.1 Å². The van der Waals surface area contributed by atoms with Gasteiger partial charge in [-0.25, -0.2) is 4.39 Å². The van der Waals surface area contributed by atoms with Crippen molar-refractivity contribution in [2.75, 3.05) is 33.2 Å². The lowest BCUT2D eigenvalue weighted by Crippen LogP contribution is -2.43. The van der Waals surface area contributed by atoms with E-state index in [1.165, 1.54) is 17.7 Å². The van der Waals surface area contributed by atoms with E-state index in [1.807, 2.05) is 24.3 Å². The second-order valence-corrected chi connectivity index (χ2v) is 6.12. The first-order chi connectivity index (χ1) is 11.1. The van der Waals surface area contributed by atoms with E-state index in [1.54, 1.807) is 12.1 Å². The van der Waals surface area contributed by atoms with E-state index in [9.17, 15) is 9.18 Å². The van der Waals surface area contributed by atoms with Crippen LogP contribution in [0.3, 0.4) is 0 Å². The molecule has 1 aliphatic rings. The maximum absolute atomic E-state index is 13.2. The Balaban J connectivity index is 1.66. The molecule has 3 nitrogen and oxygen atoms in total. The molecule has 3 rings (SSSR count). The molecule has 23 heavy (non-hydrogen) atoms. The van der Waals surface area contributed by atoms with Gasteiger partial charge >= 0.3 is 0 Å². The third-order valence-electron chi connectivity index (χ3n) is 4.31. The molecule has 1 aliphatic heterocycles. The van der Waals surface area contributed by atoms with E-state index >= 15 is 0 Å². The summed E-state index contributed by atoms with van der Waals surface area (Å²) in [5.74, 6) is -0.529. The van der Waals surface area contributed by atoms with Crippen molar-refractivity contribution in [3.63, 3.8) is 0 Å². The predicted octanol–water partition coefficient (Wildman–Crippen LogP) is 2.80. The first kappa shape index (κ1) is 15.8. The minimum Gasteiger partial charge on any atom is -0.304 e. The molecular formula is C19H21FN2O. The minimum absolute atomic E-state index is 0.143. The lowest BCUT2D eigenvalue weighted by atomic mass is 10.0. The Bertz CT molecular complexity index is 676. The van der Waals surface area contributed by atoms with Crippen LogP contribution in [-0.4, -0.2) is 48.8 Å². The molecule has 1 saturated heterocycles. The zero-order valence-corrected chi connectivity index (χ0v) is 13.3. The van der Waals surface area contributed by atoms with Crippen LogP contribution in [0.1, 0.15) is 21.5 Å². The van der Waals surface area contributed by atoms with Gasteiger partial charge in [-0.3, -0.25) is 9.69 Å². The van der Waals surface area contributed by atoms with Gasteiger partial charge in [0.15, 0.2) is 5.78 Å². The van der Waals surface area contributed by atoms with E-state index in [-0.39, 0.29) is 11.6 Å². The number of likely N-dealkylation sites (N-methyl/N-ethyl adjacent to an activating group) is 1. The number of ketones is 1. The first-order valence-electron chi connectivity index (χ1n) is 7.92. The van der Waals surface area contributed by atoms with Crippen LogP contribution in [0.2, 0.25) is 0 Å². The molecular weight excluding hydrogens is 291 g/mol. The number of carbonyl (C=O) groups is 1. The van der Waals surface area contributed by atoms with Crippen LogP contribution in [0, 0.1) is 5.82 Å². The molecule has 0 N–H and O–H groups in total. The van der Waals surface area contributed by atoms with E-state index in [2.05, 4.69) is 16.8 Å². The summed E-state index contributed by atoms with van der Waals surface area (Å²) in [6.45, 7) is 5.23. The Morgan fingerprint density at radius 2 is 1.70 bits per heavy atom. The van der Waals surface area contributed by atoms with Crippen LogP contribution in [0.5, 0.6) is 0 Å². The van der Waals surface area contributed by atoms with Gasteiger partial charge < -0.3 is 4.90 Å². The fourth-order valence-corrected chi connectivity index (χ4v) is 2.82. The quantitative estimate of drug-likeness (QED) is 0.811. The molecule has 0 spiro atoms. The number of halogens is 1. The maximum atomic E-state index is 13.2. The molecule has 4 heteroatoms. The molecule has 2 aromatic carbocycles. The molecule has 0 aliphatic carbocycles. The smallest absolute Gasteiger partial charge is 0.193 e. The van der Waals surface area contributed by atoms with Crippen molar-refractivity contribution in [3.8, 4) is 0 Å². The van der Waals surface area contributed by atoms with Crippen molar-refractivity contribution < 1.29 is 9.18 Å². The van der Waals surface area contributed by atoms with Gasteiger partial charge in [-0.2, -0.15) is 0 Å². The van der Waals surface area contributed by atoms with Gasteiger partial charge in [-0.05, 0) is 24.7 Å². The Kier molecular flexibility index (Phi) is 4.84. The second-order valence-electron chi connectivity index (χ2n) is 6.12. The summed E-state index contributed by atoms with van der Waals surface area (Å²) in [6.07, 6.45) is 0. The lowest BCUT2D eigenvalue weighted by Gasteiger charge is -2.32. The number of hydrogen-bond donors (Lipinski definition) is 0. The molecule has 120 valence electrons. The fourth-order valence-electron chi connectivity index (χ4n) is 2.82. The van der Waals surface area contributed by atoms with Crippen LogP contribution >= 0.6 is 0 Å². The van der Waals surface area contributed by atoms with Crippen LogP contribution in [-0.2, 0) is 6.54 Å². The zero-order valence-electron chi connectivity index (χ0n) is 13.3. The van der Waals surface area contributed by atoms with Crippen molar-refractivity contribution in [2.45, 2.75) is 6.54 Å². The Labute approximate surface area is 136 Å². The SMILES string of the molecule is CN1CCN(Cc2ccc(C(=O)c3cccc(F)c3)cc2)CC1. The minimum atomic E-state index is -0.387. The molecule has 0 unspecified atom stereocenters. The molecule has 2 aromatic rings. The van der Waals surface area contributed by atoms with Crippen molar-refractivity contribution >= 4 is 5.78 Å². The second kappa shape index (κ2) is 7.02. The van der Waals surface area contributed by atoms with Gasteiger partial charge in [0.25, 0.3) is 0 Å². The fraction of sp³-hybridized carbons (Fsp3) is 0.316. The topological polar surface area (TPSA) is 23.6 Å². The number of carbonyl (C=O) groups excluding carboxylic acids is 1. The zero-order chi connectivity index (χ0) is 16.2. The summed E-state index contributed by atoms with van der Waals surface area (Å²) >= 11 is 0. The van der Waals surface area contributed by atoms with Gasteiger partial charge in [-0.1, -0.05) is 36.4 Å². The largest absolute Gasteiger partial charge is 0.304 e. The van der Waals surface area contributed by atoms with Crippen molar-refractivity contribution in [1.82, 2.24) is 9.80 Å². The van der Waals surface area contributed by atoms with Crippen molar-refractivity contribution in [3.05, 3.63) is 71.0 Å². The molecule has 0 atom stereocenters. The number of hydrogen-bond acceptors (Lipinski definition) is 3. The lowest BCUT2D eigenvalue weighted by molar-refractivity contribution is 0.103. The van der Waals surface area contributed by atoms with E-state index < -0.39 is 0 Å². The highest BCUT2D eigenvalue weighted by Crippen LogP contribution is 2.14. The van der Waals surface area contributed by atoms with Gasteiger partial charge in [0.05, 0.1) is 0 Å². The van der Waals surface area contributed by atoms with Crippen LogP contribution in [0.4, 0.5) is 4.39 Å². The van der Waals surface area contributed by atoms with Crippen LogP contribution in [0.15, 0.2) is 48.5 Å². The molecule has 1 heterocycles. The number of nitrogens with zero attached hydrogens (tertiary/aromatic N) is 2. The summed E-state index contributed by atoms with van der Waals surface area (Å²) in [7, 11) is 2.14. The summed E-state index contributed by atoms with van der Waals surface area (Å²) in [6, 6.07) is 13.5. The van der Waals surface area contributed by atoms with Gasteiger partial charge in [0.2, 0.25) is 0 Å². The van der Waals surface area contributed by atoms with Crippen LogP contribution in [0.25, 0.3) is 0 Å². The molecule has 0 radical (unpaired) electrons. The Hall–Kier alpha value is -2.04. The summed E-state index contributed by atoms with van der Waals surface area (Å²) in [4.78, 5) is 17.1. The van der Waals surface area contributed by atoms with Crippen LogP contribution < -0.4 is 0 Å².